The van der Waals surface area contributed by atoms with Crippen LogP contribution in [-0.2, 0) is 16.1 Å². The summed E-state index contributed by atoms with van der Waals surface area (Å²) in [7, 11) is 0. The molecule has 2 aromatic rings. The molecule has 1 N–H and O–H groups in total. The molecule has 1 amide bonds. The summed E-state index contributed by atoms with van der Waals surface area (Å²) in [5.41, 5.74) is 0.744. The number of rotatable bonds is 7. The number of fused-ring (bicyclic) bond motifs is 1. The Labute approximate surface area is 123 Å². The van der Waals surface area contributed by atoms with Gasteiger partial charge in [0.25, 0.3) is 0 Å². The van der Waals surface area contributed by atoms with E-state index in [4.69, 9.17) is 4.74 Å². The first-order valence-electron chi connectivity index (χ1n) is 7.15. The molecule has 5 heteroatoms. The number of hydrogen-bond donors (Lipinski definition) is 1. The maximum atomic E-state index is 11.9. The van der Waals surface area contributed by atoms with Gasteiger partial charge in [-0.3, -0.25) is 9.59 Å². The van der Waals surface area contributed by atoms with Gasteiger partial charge in [0.15, 0.2) is 5.43 Å². The normalized spacial score (nSPS) is 10.7. The Balaban J connectivity index is 1.98. The Morgan fingerprint density at radius 2 is 2.10 bits per heavy atom. The average Bonchev–Trinajstić information content (AvgIpc) is 2.50. The predicted octanol–water partition coefficient (Wildman–Crippen LogP) is 1.54. The molecule has 2 rings (SSSR count). The highest BCUT2D eigenvalue weighted by Crippen LogP contribution is 2.08. The topological polar surface area (TPSA) is 60.3 Å². The maximum absolute atomic E-state index is 11.9. The minimum Gasteiger partial charge on any atom is -0.382 e. The van der Waals surface area contributed by atoms with Crippen molar-refractivity contribution in [3.8, 4) is 0 Å². The van der Waals surface area contributed by atoms with Crippen LogP contribution in [0.15, 0.2) is 41.3 Å². The van der Waals surface area contributed by atoms with E-state index < -0.39 is 0 Å². The highest BCUT2D eigenvalue weighted by molar-refractivity contribution is 5.82. The van der Waals surface area contributed by atoms with Gasteiger partial charge in [-0.15, -0.1) is 0 Å². The second-order valence-corrected chi connectivity index (χ2v) is 4.73. The van der Waals surface area contributed by atoms with Crippen LogP contribution in [0.2, 0.25) is 0 Å². The molecule has 1 aromatic carbocycles. The first-order valence-corrected chi connectivity index (χ1v) is 7.15. The van der Waals surface area contributed by atoms with Crippen LogP contribution in [0, 0.1) is 0 Å². The second-order valence-electron chi connectivity index (χ2n) is 4.73. The lowest BCUT2D eigenvalue weighted by Crippen LogP contribution is -2.29. The SMILES string of the molecule is CCOCCCNC(=O)Cn1ccc(=O)c2ccccc21. The number of benzene rings is 1. The van der Waals surface area contributed by atoms with Crippen LogP contribution in [-0.4, -0.2) is 30.2 Å². The van der Waals surface area contributed by atoms with Crippen molar-refractivity contribution in [3.63, 3.8) is 0 Å². The summed E-state index contributed by atoms with van der Waals surface area (Å²) in [6.07, 6.45) is 2.45. The third-order valence-corrected chi connectivity index (χ3v) is 3.19. The van der Waals surface area contributed by atoms with Crippen molar-refractivity contribution in [1.82, 2.24) is 9.88 Å². The molecule has 112 valence electrons. The van der Waals surface area contributed by atoms with Crippen LogP contribution < -0.4 is 10.7 Å². The lowest BCUT2D eigenvalue weighted by molar-refractivity contribution is -0.121. The molecular formula is C16H20N2O3. The van der Waals surface area contributed by atoms with E-state index in [1.54, 1.807) is 16.8 Å². The van der Waals surface area contributed by atoms with Gasteiger partial charge in [0.05, 0.1) is 5.52 Å². The van der Waals surface area contributed by atoms with Gasteiger partial charge < -0.3 is 14.6 Å². The van der Waals surface area contributed by atoms with Crippen molar-refractivity contribution in [2.45, 2.75) is 19.9 Å². The smallest absolute Gasteiger partial charge is 0.239 e. The van der Waals surface area contributed by atoms with Crippen LogP contribution in [0.5, 0.6) is 0 Å². The first-order chi connectivity index (χ1) is 10.2. The summed E-state index contributed by atoms with van der Waals surface area (Å²) in [5.74, 6) is -0.0692. The highest BCUT2D eigenvalue weighted by Gasteiger charge is 2.06. The Morgan fingerprint density at radius 1 is 1.29 bits per heavy atom. The fourth-order valence-electron chi connectivity index (χ4n) is 2.16. The largest absolute Gasteiger partial charge is 0.382 e. The van der Waals surface area contributed by atoms with Gasteiger partial charge in [-0.05, 0) is 25.5 Å². The van der Waals surface area contributed by atoms with Crippen molar-refractivity contribution in [2.75, 3.05) is 19.8 Å². The highest BCUT2D eigenvalue weighted by atomic mass is 16.5. The summed E-state index contributed by atoms with van der Waals surface area (Å²) < 4.78 is 7.00. The van der Waals surface area contributed by atoms with Crippen LogP contribution in [0.3, 0.4) is 0 Å². The van der Waals surface area contributed by atoms with Crippen molar-refractivity contribution in [1.29, 1.82) is 0 Å². The van der Waals surface area contributed by atoms with E-state index in [0.29, 0.717) is 25.1 Å². The molecule has 0 atom stereocenters. The molecular weight excluding hydrogens is 268 g/mol. The molecule has 0 fully saturated rings. The summed E-state index contributed by atoms with van der Waals surface area (Å²) >= 11 is 0. The lowest BCUT2D eigenvalue weighted by atomic mass is 10.2. The van der Waals surface area contributed by atoms with Gasteiger partial charge in [0, 0.05) is 37.4 Å². The van der Waals surface area contributed by atoms with Crippen LogP contribution in [0.4, 0.5) is 0 Å². The number of carbonyl (C=O) groups is 1. The fraction of sp³-hybridized carbons (Fsp3) is 0.375. The molecule has 0 unspecified atom stereocenters. The molecule has 0 aliphatic heterocycles. The predicted molar refractivity (Wildman–Crippen MR) is 82.3 cm³/mol. The molecule has 0 aliphatic rings. The Kier molecular flexibility index (Phi) is 5.51. The minimum atomic E-state index is -0.0692. The van der Waals surface area contributed by atoms with E-state index in [2.05, 4.69) is 5.32 Å². The van der Waals surface area contributed by atoms with Gasteiger partial charge in [0.2, 0.25) is 5.91 Å². The molecule has 0 radical (unpaired) electrons. The molecule has 0 bridgehead atoms. The Hall–Kier alpha value is -2.14. The Morgan fingerprint density at radius 3 is 2.90 bits per heavy atom. The number of para-hydroxylation sites is 1. The van der Waals surface area contributed by atoms with Crippen molar-refractivity contribution in [2.24, 2.45) is 0 Å². The van der Waals surface area contributed by atoms with Crippen LogP contribution in [0.25, 0.3) is 10.9 Å². The monoisotopic (exact) mass is 288 g/mol. The van der Waals surface area contributed by atoms with Crippen LogP contribution in [0.1, 0.15) is 13.3 Å². The quantitative estimate of drug-likeness (QED) is 0.786. The fourth-order valence-corrected chi connectivity index (χ4v) is 2.16. The van der Waals surface area contributed by atoms with Crippen molar-refractivity contribution < 1.29 is 9.53 Å². The Bertz CT molecular complexity index is 664. The number of nitrogens with one attached hydrogen (secondary N) is 1. The summed E-state index contributed by atoms with van der Waals surface area (Å²) in [5, 5.41) is 3.48. The summed E-state index contributed by atoms with van der Waals surface area (Å²) in [6.45, 7) is 4.08. The van der Waals surface area contributed by atoms with E-state index in [0.717, 1.165) is 11.9 Å². The first kappa shape index (κ1) is 15.3. The number of amides is 1. The van der Waals surface area contributed by atoms with Crippen LogP contribution >= 0.6 is 0 Å². The molecule has 1 aromatic heterocycles. The third kappa shape index (κ3) is 4.16. The van der Waals surface area contributed by atoms with Gasteiger partial charge in [-0.1, -0.05) is 12.1 Å². The zero-order valence-electron chi connectivity index (χ0n) is 12.2. The number of carbonyl (C=O) groups excluding carboxylic acids is 1. The molecule has 0 saturated heterocycles. The lowest BCUT2D eigenvalue weighted by Gasteiger charge is -2.11. The molecule has 21 heavy (non-hydrogen) atoms. The molecule has 1 heterocycles. The molecule has 5 nitrogen and oxygen atoms in total. The standard InChI is InChI=1S/C16H20N2O3/c1-2-21-11-5-9-17-16(20)12-18-10-8-15(19)13-6-3-4-7-14(13)18/h3-4,6-8,10H,2,5,9,11-12H2,1H3,(H,17,20). The summed E-state index contributed by atoms with van der Waals surface area (Å²) in [4.78, 5) is 23.7. The second kappa shape index (κ2) is 7.59. The maximum Gasteiger partial charge on any atom is 0.239 e. The minimum absolute atomic E-state index is 0.0287. The van der Waals surface area contributed by atoms with Gasteiger partial charge in [0.1, 0.15) is 6.54 Å². The van der Waals surface area contributed by atoms with Gasteiger partial charge in [-0.25, -0.2) is 0 Å². The zero-order chi connectivity index (χ0) is 15.1. The summed E-state index contributed by atoms with van der Waals surface area (Å²) in [6, 6.07) is 8.79. The van der Waals surface area contributed by atoms with Crippen molar-refractivity contribution >= 4 is 16.8 Å². The van der Waals surface area contributed by atoms with Crippen molar-refractivity contribution in [3.05, 3.63) is 46.8 Å². The van der Waals surface area contributed by atoms with E-state index in [1.807, 2.05) is 25.1 Å². The average molecular weight is 288 g/mol. The van der Waals surface area contributed by atoms with Gasteiger partial charge in [-0.2, -0.15) is 0 Å². The van der Waals surface area contributed by atoms with E-state index in [9.17, 15) is 9.59 Å². The number of pyridine rings is 1. The molecule has 0 saturated carbocycles. The molecule has 0 spiro atoms. The zero-order valence-corrected chi connectivity index (χ0v) is 12.2. The van der Waals surface area contributed by atoms with E-state index in [-0.39, 0.29) is 17.9 Å². The number of hydrogen-bond acceptors (Lipinski definition) is 3. The van der Waals surface area contributed by atoms with E-state index in [1.165, 1.54) is 6.07 Å². The number of nitrogens with zero attached hydrogens (tertiary/aromatic N) is 1. The number of aromatic nitrogens is 1. The van der Waals surface area contributed by atoms with E-state index >= 15 is 0 Å². The number of ether oxygens (including phenoxy) is 1. The third-order valence-electron chi connectivity index (χ3n) is 3.19. The van der Waals surface area contributed by atoms with Gasteiger partial charge >= 0.3 is 0 Å². The molecule has 0 aliphatic carbocycles.